The monoisotopic (exact) mass is 380 g/mol. The first-order valence-corrected chi connectivity index (χ1v) is 10.9. The van der Waals surface area contributed by atoms with E-state index in [-0.39, 0.29) is 29.5 Å². The van der Waals surface area contributed by atoms with Crippen LogP contribution in [0.25, 0.3) is 0 Å². The lowest BCUT2D eigenvalue weighted by Gasteiger charge is -2.44. The molecule has 0 aromatic heterocycles. The second kappa shape index (κ2) is 7.19. The lowest BCUT2D eigenvalue weighted by Crippen LogP contribution is -2.61. The van der Waals surface area contributed by atoms with E-state index in [4.69, 9.17) is 4.74 Å². The van der Waals surface area contributed by atoms with E-state index in [0.717, 1.165) is 24.4 Å². The molecule has 0 N–H and O–H groups in total. The van der Waals surface area contributed by atoms with Gasteiger partial charge >= 0.3 is 0 Å². The lowest BCUT2D eigenvalue weighted by molar-refractivity contribution is 0.0297. The summed E-state index contributed by atoms with van der Waals surface area (Å²) >= 11 is 0. The minimum absolute atomic E-state index is 0.0626. The maximum absolute atomic E-state index is 13.1. The Kier molecular flexibility index (Phi) is 5.30. The van der Waals surface area contributed by atoms with Crippen molar-refractivity contribution in [3.63, 3.8) is 0 Å². The minimum Gasteiger partial charge on any atom is -0.496 e. The normalized spacial score (nSPS) is 25.3. The highest BCUT2D eigenvalue weighted by atomic mass is 32.2. The van der Waals surface area contributed by atoms with Gasteiger partial charge in [-0.05, 0) is 36.6 Å². The fourth-order valence-electron chi connectivity index (χ4n) is 4.15. The Morgan fingerprint density at radius 1 is 1.23 bits per heavy atom. The second-order valence-electron chi connectivity index (χ2n) is 7.78. The molecule has 0 spiro atoms. The van der Waals surface area contributed by atoms with Crippen molar-refractivity contribution in [1.82, 2.24) is 9.80 Å². The molecule has 2 aliphatic rings. The van der Waals surface area contributed by atoms with E-state index >= 15 is 0 Å². The fourth-order valence-corrected chi connectivity index (χ4v) is 6.16. The zero-order valence-electron chi connectivity index (χ0n) is 15.9. The molecule has 2 heterocycles. The number of carbonyl (C=O) groups excluding carboxylic acids is 1. The predicted molar refractivity (Wildman–Crippen MR) is 101 cm³/mol. The van der Waals surface area contributed by atoms with Gasteiger partial charge in [-0.25, -0.2) is 8.42 Å². The van der Waals surface area contributed by atoms with Crippen LogP contribution in [0.2, 0.25) is 0 Å². The Morgan fingerprint density at radius 3 is 2.54 bits per heavy atom. The molecular weight excluding hydrogens is 352 g/mol. The van der Waals surface area contributed by atoms with Crippen LogP contribution < -0.4 is 4.74 Å². The van der Waals surface area contributed by atoms with Crippen LogP contribution in [0.3, 0.4) is 0 Å². The number of amides is 1. The van der Waals surface area contributed by atoms with Crippen LogP contribution in [0.4, 0.5) is 0 Å². The van der Waals surface area contributed by atoms with Crippen molar-refractivity contribution in [2.75, 3.05) is 38.2 Å². The van der Waals surface area contributed by atoms with Gasteiger partial charge in [0.15, 0.2) is 9.84 Å². The minimum atomic E-state index is -3.12. The van der Waals surface area contributed by atoms with Crippen LogP contribution in [0.15, 0.2) is 18.2 Å². The van der Waals surface area contributed by atoms with Crippen LogP contribution in [-0.4, -0.2) is 74.5 Å². The molecule has 1 aromatic rings. The van der Waals surface area contributed by atoms with E-state index in [1.54, 1.807) is 24.1 Å². The average molecular weight is 381 g/mol. The smallest absolute Gasteiger partial charge is 0.254 e. The average Bonchev–Trinajstić information content (AvgIpc) is 2.89. The summed E-state index contributed by atoms with van der Waals surface area (Å²) in [5.74, 6) is 1.32. The number of hydrogen-bond acceptors (Lipinski definition) is 5. The molecule has 0 bridgehead atoms. The highest BCUT2D eigenvalue weighted by molar-refractivity contribution is 7.91. The molecule has 2 atom stereocenters. The Balaban J connectivity index is 1.86. The van der Waals surface area contributed by atoms with Gasteiger partial charge in [0.25, 0.3) is 5.91 Å². The highest BCUT2D eigenvalue weighted by Crippen LogP contribution is 2.29. The van der Waals surface area contributed by atoms with Crippen LogP contribution >= 0.6 is 0 Å². The van der Waals surface area contributed by atoms with Gasteiger partial charge in [0.05, 0.1) is 24.7 Å². The molecule has 0 aliphatic carbocycles. The molecule has 144 valence electrons. The van der Waals surface area contributed by atoms with Gasteiger partial charge in [0, 0.05) is 31.2 Å². The number of piperazine rings is 1. The summed E-state index contributed by atoms with van der Waals surface area (Å²) in [4.78, 5) is 17.1. The van der Waals surface area contributed by atoms with E-state index in [1.165, 1.54) is 0 Å². The van der Waals surface area contributed by atoms with Crippen LogP contribution in [0, 0.1) is 12.8 Å². The van der Waals surface area contributed by atoms with Gasteiger partial charge in [-0.15, -0.1) is 0 Å². The first-order valence-electron chi connectivity index (χ1n) is 9.12. The van der Waals surface area contributed by atoms with Crippen LogP contribution in [0.5, 0.6) is 5.75 Å². The number of hydrogen-bond donors (Lipinski definition) is 0. The van der Waals surface area contributed by atoms with Crippen molar-refractivity contribution in [2.24, 2.45) is 5.92 Å². The highest BCUT2D eigenvalue weighted by Gasteiger charge is 2.48. The zero-order chi connectivity index (χ0) is 19.1. The number of methoxy groups -OCH3 is 1. The lowest BCUT2D eigenvalue weighted by atomic mass is 10.0. The summed E-state index contributed by atoms with van der Waals surface area (Å²) < 4.78 is 29.8. The molecule has 1 amide bonds. The van der Waals surface area contributed by atoms with E-state index in [1.807, 2.05) is 13.0 Å². The molecule has 2 fully saturated rings. The fraction of sp³-hybridized carbons (Fsp3) is 0.632. The molecule has 0 radical (unpaired) electrons. The Labute approximate surface area is 156 Å². The van der Waals surface area contributed by atoms with Crippen LogP contribution in [-0.2, 0) is 9.84 Å². The quantitative estimate of drug-likeness (QED) is 0.793. The predicted octanol–water partition coefficient (Wildman–Crippen LogP) is 1.58. The van der Waals surface area contributed by atoms with Gasteiger partial charge in [-0.2, -0.15) is 0 Å². The summed E-state index contributed by atoms with van der Waals surface area (Å²) in [7, 11) is -1.52. The van der Waals surface area contributed by atoms with Gasteiger partial charge < -0.3 is 9.64 Å². The summed E-state index contributed by atoms with van der Waals surface area (Å²) in [5.41, 5.74) is 1.48. The van der Waals surface area contributed by atoms with E-state index < -0.39 is 9.84 Å². The summed E-state index contributed by atoms with van der Waals surface area (Å²) in [6.07, 6.45) is 0. The molecule has 0 saturated carbocycles. The SMILES string of the molecule is COc1ccc(C(=O)N2CCN(CC(C)C)[C@@H]3CS(=O)(=O)C[C@@H]32)cc1C. The van der Waals surface area contributed by atoms with Crippen molar-refractivity contribution in [2.45, 2.75) is 32.9 Å². The maximum atomic E-state index is 13.1. The number of ether oxygens (including phenoxy) is 1. The molecule has 3 rings (SSSR count). The molecule has 2 saturated heterocycles. The maximum Gasteiger partial charge on any atom is 0.254 e. The van der Waals surface area contributed by atoms with E-state index in [0.29, 0.717) is 18.0 Å². The number of sulfone groups is 1. The summed E-state index contributed by atoms with van der Waals surface area (Å²) in [5, 5.41) is 0. The van der Waals surface area contributed by atoms with Gasteiger partial charge in [0.2, 0.25) is 0 Å². The molecule has 2 aliphatic heterocycles. The number of carbonyl (C=O) groups is 1. The molecule has 0 unspecified atom stereocenters. The molecule has 7 heteroatoms. The first kappa shape index (κ1) is 19.2. The van der Waals surface area contributed by atoms with Crippen molar-refractivity contribution >= 4 is 15.7 Å². The van der Waals surface area contributed by atoms with Gasteiger partial charge in [0.1, 0.15) is 5.75 Å². The van der Waals surface area contributed by atoms with Crippen molar-refractivity contribution < 1.29 is 17.9 Å². The largest absolute Gasteiger partial charge is 0.496 e. The van der Waals surface area contributed by atoms with E-state index in [9.17, 15) is 13.2 Å². The van der Waals surface area contributed by atoms with Crippen LogP contribution in [0.1, 0.15) is 29.8 Å². The summed E-state index contributed by atoms with van der Waals surface area (Å²) in [6.45, 7) is 8.31. The third kappa shape index (κ3) is 3.74. The zero-order valence-corrected chi connectivity index (χ0v) is 16.8. The first-order chi connectivity index (χ1) is 12.2. The third-order valence-corrected chi connectivity index (χ3v) is 6.99. The molecule has 6 nitrogen and oxygen atoms in total. The number of fused-ring (bicyclic) bond motifs is 1. The molecule has 1 aromatic carbocycles. The topological polar surface area (TPSA) is 66.9 Å². The standard InChI is InChI=1S/C19H28N2O4S/c1-13(2)10-20-7-8-21(17-12-26(23,24)11-16(17)20)19(22)15-5-6-18(25-4)14(3)9-15/h5-6,9,13,16-17H,7-8,10-12H2,1-4H3/t16-,17+/m1/s1. The molecule has 26 heavy (non-hydrogen) atoms. The number of benzene rings is 1. The van der Waals surface area contributed by atoms with Crippen molar-refractivity contribution in [1.29, 1.82) is 0 Å². The van der Waals surface area contributed by atoms with E-state index in [2.05, 4.69) is 18.7 Å². The summed E-state index contributed by atoms with van der Waals surface area (Å²) in [6, 6.07) is 5.01. The van der Waals surface area contributed by atoms with Gasteiger partial charge in [-0.1, -0.05) is 13.8 Å². The van der Waals surface area contributed by atoms with Gasteiger partial charge in [-0.3, -0.25) is 9.69 Å². The Morgan fingerprint density at radius 2 is 1.92 bits per heavy atom. The Hall–Kier alpha value is -1.60. The Bertz CT molecular complexity index is 791. The van der Waals surface area contributed by atoms with Crippen molar-refractivity contribution in [3.8, 4) is 5.75 Å². The third-order valence-electron chi connectivity index (χ3n) is 5.29. The number of aryl methyl sites for hydroxylation is 1. The molecular formula is C19H28N2O4S. The number of rotatable bonds is 4. The second-order valence-corrected chi connectivity index (χ2v) is 9.94. The number of nitrogens with zero attached hydrogens (tertiary/aromatic N) is 2. The van der Waals surface area contributed by atoms with Crippen molar-refractivity contribution in [3.05, 3.63) is 29.3 Å².